The number of hydrogen-bond acceptors (Lipinski definition) is 6. The SMILES string of the molecule is Cc1cc(C)c(OCC(=O)Nc2ccc3nc(NC(=O)c4ccco4)sc3c2)c(Cl)c1. The molecule has 2 amide bonds. The zero-order valence-electron chi connectivity index (χ0n) is 16.7. The van der Waals surface area contributed by atoms with Gasteiger partial charge in [-0.2, -0.15) is 0 Å². The number of carbonyl (C=O) groups is 2. The Kier molecular flexibility index (Phi) is 5.92. The van der Waals surface area contributed by atoms with Gasteiger partial charge in [-0.3, -0.25) is 14.9 Å². The Balaban J connectivity index is 1.40. The minimum absolute atomic E-state index is 0.172. The fraction of sp³-hybridized carbons (Fsp3) is 0.136. The molecule has 0 radical (unpaired) electrons. The molecule has 0 aliphatic rings. The molecule has 0 bridgehead atoms. The van der Waals surface area contributed by atoms with E-state index in [2.05, 4.69) is 15.6 Å². The number of thiazole rings is 1. The second-order valence-corrected chi connectivity index (χ2v) is 8.30. The van der Waals surface area contributed by atoms with E-state index in [4.69, 9.17) is 20.8 Å². The maximum atomic E-state index is 12.3. The van der Waals surface area contributed by atoms with Crippen molar-refractivity contribution >= 4 is 55.8 Å². The highest BCUT2D eigenvalue weighted by atomic mass is 35.5. The molecule has 4 rings (SSSR count). The third-order valence-corrected chi connectivity index (χ3v) is 5.57. The minimum atomic E-state index is -0.375. The number of rotatable bonds is 6. The van der Waals surface area contributed by atoms with E-state index in [0.717, 1.165) is 15.8 Å². The molecule has 9 heteroatoms. The molecule has 2 heterocycles. The summed E-state index contributed by atoms with van der Waals surface area (Å²) in [6, 6.07) is 12.2. The minimum Gasteiger partial charge on any atom is -0.482 e. The predicted molar refractivity (Wildman–Crippen MR) is 121 cm³/mol. The molecule has 2 N–H and O–H groups in total. The standard InChI is InChI=1S/C22H18ClN3O4S/c1-12-8-13(2)20(15(23)9-12)30-11-19(27)24-14-5-6-16-18(10-14)31-22(25-16)26-21(28)17-4-3-7-29-17/h3-10H,11H2,1-2H3,(H,24,27)(H,25,26,28). The van der Waals surface area contributed by atoms with Gasteiger partial charge in [0.05, 0.1) is 21.5 Å². The van der Waals surface area contributed by atoms with Gasteiger partial charge in [0.15, 0.2) is 17.5 Å². The lowest BCUT2D eigenvalue weighted by Gasteiger charge is -2.12. The van der Waals surface area contributed by atoms with E-state index in [0.29, 0.717) is 27.1 Å². The number of benzene rings is 2. The summed E-state index contributed by atoms with van der Waals surface area (Å²) in [6.07, 6.45) is 1.43. The fourth-order valence-corrected chi connectivity index (χ4v) is 4.32. The number of carbonyl (C=O) groups excluding carboxylic acids is 2. The van der Waals surface area contributed by atoms with E-state index in [1.165, 1.54) is 17.6 Å². The quantitative estimate of drug-likeness (QED) is 0.404. The summed E-state index contributed by atoms with van der Waals surface area (Å²) in [5, 5.41) is 6.41. The van der Waals surface area contributed by atoms with Gasteiger partial charge in [0.25, 0.3) is 11.8 Å². The topological polar surface area (TPSA) is 93.5 Å². The number of ether oxygens (including phenoxy) is 1. The average molecular weight is 456 g/mol. The van der Waals surface area contributed by atoms with Crippen LogP contribution in [-0.4, -0.2) is 23.4 Å². The van der Waals surface area contributed by atoms with Crippen molar-refractivity contribution in [2.45, 2.75) is 13.8 Å². The van der Waals surface area contributed by atoms with Crippen LogP contribution in [0.5, 0.6) is 5.75 Å². The first kappa shape index (κ1) is 20.9. The first-order valence-corrected chi connectivity index (χ1v) is 10.5. The van der Waals surface area contributed by atoms with Crippen molar-refractivity contribution in [2.24, 2.45) is 0 Å². The summed E-state index contributed by atoms with van der Waals surface area (Å²) in [4.78, 5) is 28.8. The molecule has 158 valence electrons. The molecule has 0 aliphatic heterocycles. The van der Waals surface area contributed by atoms with Gasteiger partial charge in [-0.15, -0.1) is 0 Å². The van der Waals surface area contributed by atoms with Gasteiger partial charge in [-0.1, -0.05) is 29.0 Å². The van der Waals surface area contributed by atoms with Crippen molar-refractivity contribution in [2.75, 3.05) is 17.2 Å². The largest absolute Gasteiger partial charge is 0.482 e. The van der Waals surface area contributed by atoms with Crippen molar-refractivity contribution in [3.63, 3.8) is 0 Å². The normalized spacial score (nSPS) is 10.8. The molecule has 0 saturated heterocycles. The number of anilines is 2. The maximum Gasteiger partial charge on any atom is 0.293 e. The van der Waals surface area contributed by atoms with E-state index in [-0.39, 0.29) is 24.2 Å². The van der Waals surface area contributed by atoms with Gasteiger partial charge < -0.3 is 14.5 Å². The number of furan rings is 1. The van der Waals surface area contributed by atoms with Crippen LogP contribution in [0.3, 0.4) is 0 Å². The number of amides is 2. The van der Waals surface area contributed by atoms with E-state index < -0.39 is 0 Å². The molecule has 0 spiro atoms. The first-order chi connectivity index (χ1) is 14.9. The van der Waals surface area contributed by atoms with Crippen molar-refractivity contribution in [3.05, 3.63) is 70.6 Å². The number of aryl methyl sites for hydroxylation is 2. The van der Waals surface area contributed by atoms with Crippen LogP contribution in [0.2, 0.25) is 5.02 Å². The van der Waals surface area contributed by atoms with E-state index in [1.54, 1.807) is 36.4 Å². The van der Waals surface area contributed by atoms with Crippen LogP contribution < -0.4 is 15.4 Å². The van der Waals surface area contributed by atoms with Crippen LogP contribution in [0, 0.1) is 13.8 Å². The summed E-state index contributed by atoms with van der Waals surface area (Å²) in [7, 11) is 0. The van der Waals surface area contributed by atoms with Crippen LogP contribution in [0.4, 0.5) is 10.8 Å². The molecule has 0 fully saturated rings. The molecule has 0 saturated carbocycles. The van der Waals surface area contributed by atoms with Gasteiger partial charge in [-0.25, -0.2) is 4.98 Å². The summed E-state index contributed by atoms with van der Waals surface area (Å²) in [5.74, 6) is 0.0134. The lowest BCUT2D eigenvalue weighted by molar-refractivity contribution is -0.118. The van der Waals surface area contributed by atoms with Gasteiger partial charge >= 0.3 is 0 Å². The van der Waals surface area contributed by atoms with Crippen molar-refractivity contribution in [1.29, 1.82) is 0 Å². The van der Waals surface area contributed by atoms with Gasteiger partial charge in [0.1, 0.15) is 5.75 Å². The van der Waals surface area contributed by atoms with Crippen LogP contribution in [-0.2, 0) is 4.79 Å². The molecule has 0 unspecified atom stereocenters. The number of aromatic nitrogens is 1. The summed E-state index contributed by atoms with van der Waals surface area (Å²) >= 11 is 7.51. The smallest absolute Gasteiger partial charge is 0.293 e. The zero-order valence-corrected chi connectivity index (χ0v) is 18.3. The predicted octanol–water partition coefficient (Wildman–Crippen LogP) is 5.43. The molecule has 4 aromatic rings. The van der Waals surface area contributed by atoms with Crippen LogP contribution in [0.1, 0.15) is 21.7 Å². The molecule has 2 aromatic carbocycles. The van der Waals surface area contributed by atoms with E-state index in [1.807, 2.05) is 19.9 Å². The third-order valence-electron chi connectivity index (χ3n) is 4.36. The highest BCUT2D eigenvalue weighted by Crippen LogP contribution is 2.30. The third kappa shape index (κ3) is 4.87. The van der Waals surface area contributed by atoms with E-state index >= 15 is 0 Å². The zero-order chi connectivity index (χ0) is 22.0. The Labute approximate surface area is 187 Å². The molecule has 31 heavy (non-hydrogen) atoms. The summed E-state index contributed by atoms with van der Waals surface area (Å²) in [6.45, 7) is 3.65. The second kappa shape index (κ2) is 8.79. The van der Waals surface area contributed by atoms with Crippen LogP contribution >= 0.6 is 22.9 Å². The molecule has 7 nitrogen and oxygen atoms in total. The summed E-state index contributed by atoms with van der Waals surface area (Å²) in [5.41, 5.74) is 3.20. The molecule has 0 atom stereocenters. The highest BCUT2D eigenvalue weighted by molar-refractivity contribution is 7.22. The number of halogens is 1. The van der Waals surface area contributed by atoms with Crippen LogP contribution in [0.25, 0.3) is 10.2 Å². The Morgan fingerprint density at radius 1 is 1.16 bits per heavy atom. The Bertz CT molecular complexity index is 1240. The first-order valence-electron chi connectivity index (χ1n) is 9.34. The number of hydrogen-bond donors (Lipinski definition) is 2. The fourth-order valence-electron chi connectivity index (χ4n) is 3.04. The molecular formula is C22H18ClN3O4S. The van der Waals surface area contributed by atoms with Crippen LogP contribution in [0.15, 0.2) is 53.1 Å². The van der Waals surface area contributed by atoms with E-state index in [9.17, 15) is 9.59 Å². The van der Waals surface area contributed by atoms with Crippen molar-refractivity contribution in [1.82, 2.24) is 4.98 Å². The summed E-state index contributed by atoms with van der Waals surface area (Å²) < 4.78 is 11.5. The van der Waals surface area contributed by atoms with Gasteiger partial charge in [-0.05, 0) is 61.4 Å². The Hall–Kier alpha value is -3.36. The number of nitrogens with one attached hydrogen (secondary N) is 2. The Morgan fingerprint density at radius 3 is 2.74 bits per heavy atom. The Morgan fingerprint density at radius 2 is 2.00 bits per heavy atom. The average Bonchev–Trinajstić information content (AvgIpc) is 3.36. The van der Waals surface area contributed by atoms with Gasteiger partial charge in [0, 0.05) is 5.69 Å². The number of fused-ring (bicyclic) bond motifs is 1. The lowest BCUT2D eigenvalue weighted by atomic mass is 10.1. The lowest BCUT2D eigenvalue weighted by Crippen LogP contribution is -2.20. The molecular weight excluding hydrogens is 438 g/mol. The molecule has 2 aromatic heterocycles. The van der Waals surface area contributed by atoms with Gasteiger partial charge in [0.2, 0.25) is 0 Å². The number of nitrogens with zero attached hydrogens (tertiary/aromatic N) is 1. The molecule has 0 aliphatic carbocycles. The van der Waals surface area contributed by atoms with Crippen molar-refractivity contribution in [3.8, 4) is 5.75 Å². The monoisotopic (exact) mass is 455 g/mol. The maximum absolute atomic E-state index is 12.3. The second-order valence-electron chi connectivity index (χ2n) is 6.86. The highest BCUT2D eigenvalue weighted by Gasteiger charge is 2.13. The van der Waals surface area contributed by atoms with Crippen molar-refractivity contribution < 1.29 is 18.7 Å².